The van der Waals surface area contributed by atoms with E-state index in [0.29, 0.717) is 21.3 Å². The Kier molecular flexibility index (Phi) is 5.35. The molecule has 2 aromatic carbocycles. The zero-order chi connectivity index (χ0) is 21.3. The molecule has 0 saturated heterocycles. The Morgan fingerprint density at radius 3 is 2.67 bits per heavy atom. The van der Waals surface area contributed by atoms with E-state index in [1.54, 1.807) is 43.3 Å². The van der Waals surface area contributed by atoms with Crippen molar-refractivity contribution < 1.29 is 17.6 Å². The molecule has 0 aliphatic rings. The van der Waals surface area contributed by atoms with Crippen LogP contribution in [0.2, 0.25) is 0 Å². The third-order valence-corrected chi connectivity index (χ3v) is 7.07. The molecule has 0 bridgehead atoms. The average molecular weight is 445 g/mol. The van der Waals surface area contributed by atoms with E-state index in [4.69, 9.17) is 0 Å². The summed E-state index contributed by atoms with van der Waals surface area (Å²) in [4.78, 5) is 16.9. The molecule has 0 unspecified atom stereocenters. The van der Waals surface area contributed by atoms with Gasteiger partial charge in [-0.1, -0.05) is 35.6 Å². The van der Waals surface area contributed by atoms with Crippen molar-refractivity contribution in [1.29, 1.82) is 0 Å². The van der Waals surface area contributed by atoms with Crippen LogP contribution in [0.1, 0.15) is 12.1 Å². The summed E-state index contributed by atoms with van der Waals surface area (Å²) in [5.74, 6) is -0.880. The molecule has 0 fully saturated rings. The van der Waals surface area contributed by atoms with Crippen LogP contribution in [0.25, 0.3) is 15.3 Å². The number of carbonyl (C=O) groups is 1. The van der Waals surface area contributed by atoms with E-state index in [1.807, 2.05) is 0 Å². The molecule has 1 amide bonds. The molecule has 2 heterocycles. The van der Waals surface area contributed by atoms with Gasteiger partial charge in [0.05, 0.1) is 21.0 Å². The lowest BCUT2D eigenvalue weighted by molar-refractivity contribution is -0.115. The summed E-state index contributed by atoms with van der Waals surface area (Å²) in [6.07, 6.45) is -0.212. The molecule has 2 aromatic heterocycles. The third kappa shape index (κ3) is 4.10. The normalized spacial score (nSPS) is 11.7. The molecular formula is C20H17FN4O3S2. The zero-order valence-electron chi connectivity index (χ0n) is 15.9. The summed E-state index contributed by atoms with van der Waals surface area (Å²) in [6.45, 7) is 1.75. The molecule has 4 rings (SSSR count). The second-order valence-electron chi connectivity index (χ2n) is 6.60. The highest BCUT2D eigenvalue weighted by atomic mass is 32.2. The topological polar surface area (TPSA) is 94.0 Å². The number of rotatable bonds is 6. The number of hydrogen-bond donors (Lipinski definition) is 1. The highest BCUT2D eigenvalue weighted by Crippen LogP contribution is 2.28. The minimum absolute atomic E-state index is 0.176. The molecule has 7 nitrogen and oxygen atoms in total. The maximum Gasteiger partial charge on any atom is 0.226 e. The SMILES string of the molecule is Cc1cc(NC(=O)CCS(=O)(=O)c2ccccc2)n(-c2nc3c(F)cccc3s2)n1. The predicted octanol–water partition coefficient (Wildman–Crippen LogP) is 3.73. The van der Waals surface area contributed by atoms with Crippen LogP contribution < -0.4 is 5.32 Å². The first-order valence-electron chi connectivity index (χ1n) is 9.03. The van der Waals surface area contributed by atoms with Crippen LogP contribution in [0.15, 0.2) is 59.5 Å². The second-order valence-corrected chi connectivity index (χ2v) is 9.71. The second kappa shape index (κ2) is 7.96. The van der Waals surface area contributed by atoms with Crippen molar-refractivity contribution in [3.05, 3.63) is 66.1 Å². The lowest BCUT2D eigenvalue weighted by Gasteiger charge is -2.07. The quantitative estimate of drug-likeness (QED) is 0.489. The predicted molar refractivity (Wildman–Crippen MR) is 113 cm³/mol. The van der Waals surface area contributed by atoms with E-state index >= 15 is 0 Å². The van der Waals surface area contributed by atoms with E-state index in [0.717, 1.165) is 0 Å². The lowest BCUT2D eigenvalue weighted by atomic mass is 10.3. The summed E-state index contributed by atoms with van der Waals surface area (Å²) >= 11 is 1.24. The monoisotopic (exact) mass is 444 g/mol. The van der Waals surface area contributed by atoms with Crippen molar-refractivity contribution in [2.24, 2.45) is 0 Å². The van der Waals surface area contributed by atoms with Crippen molar-refractivity contribution in [2.75, 3.05) is 11.1 Å². The first kappa shape index (κ1) is 20.2. The number of nitrogens with zero attached hydrogens (tertiary/aromatic N) is 3. The van der Waals surface area contributed by atoms with Crippen LogP contribution in [-0.4, -0.2) is 34.8 Å². The average Bonchev–Trinajstić information content (AvgIpc) is 3.31. The molecule has 30 heavy (non-hydrogen) atoms. The van der Waals surface area contributed by atoms with Gasteiger partial charge in [-0.25, -0.2) is 17.8 Å². The molecular weight excluding hydrogens is 427 g/mol. The van der Waals surface area contributed by atoms with Crippen LogP contribution >= 0.6 is 11.3 Å². The minimum Gasteiger partial charge on any atom is -0.310 e. The van der Waals surface area contributed by atoms with Crippen molar-refractivity contribution in [3.63, 3.8) is 0 Å². The molecule has 1 N–H and O–H groups in total. The highest BCUT2D eigenvalue weighted by Gasteiger charge is 2.19. The van der Waals surface area contributed by atoms with Gasteiger partial charge in [-0.15, -0.1) is 0 Å². The number of hydrogen-bond acceptors (Lipinski definition) is 6. The number of aryl methyl sites for hydroxylation is 1. The number of carbonyl (C=O) groups excluding carboxylic acids is 1. The van der Waals surface area contributed by atoms with Crippen LogP contribution in [-0.2, 0) is 14.6 Å². The zero-order valence-corrected chi connectivity index (χ0v) is 17.5. The summed E-state index contributed by atoms with van der Waals surface area (Å²) in [7, 11) is -3.56. The van der Waals surface area contributed by atoms with E-state index in [1.165, 1.54) is 34.2 Å². The van der Waals surface area contributed by atoms with Gasteiger partial charge in [0, 0.05) is 12.5 Å². The first-order valence-corrected chi connectivity index (χ1v) is 11.5. The molecule has 4 aromatic rings. The van der Waals surface area contributed by atoms with Gasteiger partial charge in [0.1, 0.15) is 17.2 Å². The van der Waals surface area contributed by atoms with Gasteiger partial charge < -0.3 is 5.32 Å². The van der Waals surface area contributed by atoms with E-state index < -0.39 is 21.6 Å². The third-order valence-electron chi connectivity index (χ3n) is 4.34. The number of para-hydroxylation sites is 1. The van der Waals surface area contributed by atoms with E-state index in [-0.39, 0.29) is 22.6 Å². The first-order chi connectivity index (χ1) is 14.3. The Morgan fingerprint density at radius 1 is 1.17 bits per heavy atom. The number of anilines is 1. The summed E-state index contributed by atoms with van der Waals surface area (Å²) in [5.41, 5.74) is 0.860. The fourth-order valence-corrected chi connectivity index (χ4v) is 5.11. The van der Waals surface area contributed by atoms with Gasteiger partial charge in [-0.05, 0) is 31.2 Å². The van der Waals surface area contributed by atoms with Gasteiger partial charge in [0.25, 0.3) is 0 Å². The highest BCUT2D eigenvalue weighted by molar-refractivity contribution is 7.91. The van der Waals surface area contributed by atoms with Crippen molar-refractivity contribution >= 4 is 43.1 Å². The number of thiazole rings is 1. The Bertz CT molecular complexity index is 1330. The molecule has 0 spiro atoms. The smallest absolute Gasteiger partial charge is 0.226 e. The maximum absolute atomic E-state index is 14.0. The largest absolute Gasteiger partial charge is 0.310 e. The summed E-state index contributed by atoms with van der Waals surface area (Å²) in [6, 6.07) is 14.3. The van der Waals surface area contributed by atoms with Gasteiger partial charge in [-0.3, -0.25) is 4.79 Å². The van der Waals surface area contributed by atoms with Crippen molar-refractivity contribution in [1.82, 2.24) is 14.8 Å². The molecule has 0 saturated carbocycles. The van der Waals surface area contributed by atoms with Gasteiger partial charge in [0.2, 0.25) is 11.0 Å². The Morgan fingerprint density at radius 2 is 1.93 bits per heavy atom. The van der Waals surface area contributed by atoms with E-state index in [9.17, 15) is 17.6 Å². The van der Waals surface area contributed by atoms with Crippen LogP contribution in [0.4, 0.5) is 10.2 Å². The Hall–Kier alpha value is -3.11. The fourth-order valence-electron chi connectivity index (χ4n) is 2.91. The van der Waals surface area contributed by atoms with Gasteiger partial charge in [0.15, 0.2) is 9.84 Å². The number of fused-ring (bicyclic) bond motifs is 1. The number of amides is 1. The van der Waals surface area contributed by atoms with Crippen LogP contribution in [0.3, 0.4) is 0 Å². The number of sulfone groups is 1. The number of benzene rings is 2. The van der Waals surface area contributed by atoms with Crippen LogP contribution in [0.5, 0.6) is 0 Å². The summed E-state index contributed by atoms with van der Waals surface area (Å²) in [5, 5.41) is 7.41. The van der Waals surface area contributed by atoms with Gasteiger partial charge in [-0.2, -0.15) is 9.78 Å². The fraction of sp³-hybridized carbons (Fsp3) is 0.150. The van der Waals surface area contributed by atoms with E-state index in [2.05, 4.69) is 15.4 Å². The van der Waals surface area contributed by atoms with Crippen LogP contribution in [0, 0.1) is 12.7 Å². The molecule has 0 radical (unpaired) electrons. The number of aromatic nitrogens is 3. The molecule has 0 aliphatic heterocycles. The molecule has 0 atom stereocenters. The van der Waals surface area contributed by atoms with Gasteiger partial charge >= 0.3 is 0 Å². The lowest BCUT2D eigenvalue weighted by Crippen LogP contribution is -2.19. The minimum atomic E-state index is -3.56. The molecule has 0 aliphatic carbocycles. The van der Waals surface area contributed by atoms with Crippen molar-refractivity contribution in [2.45, 2.75) is 18.2 Å². The summed E-state index contributed by atoms with van der Waals surface area (Å²) < 4.78 is 40.8. The molecule has 10 heteroatoms. The maximum atomic E-state index is 14.0. The van der Waals surface area contributed by atoms with Crippen molar-refractivity contribution in [3.8, 4) is 5.13 Å². The molecule has 154 valence electrons. The number of nitrogens with one attached hydrogen (secondary N) is 1. The number of halogens is 1. The standard InChI is InChI=1S/C20H17FN4O3S2/c1-13-12-17(22-18(26)10-11-30(27,28)14-6-3-2-4-7-14)25(24-13)20-23-19-15(21)8-5-9-16(19)29-20/h2-9,12H,10-11H2,1H3,(H,22,26). The Balaban J connectivity index is 1.53. The Labute approximate surface area is 176 Å².